The van der Waals surface area contributed by atoms with Gasteiger partial charge in [-0.3, -0.25) is 38.5 Å². The van der Waals surface area contributed by atoms with Crippen LogP contribution in [0, 0.1) is 48.6 Å². The van der Waals surface area contributed by atoms with Crippen LogP contribution in [-0.2, 0) is 93.2 Å². The summed E-state index contributed by atoms with van der Waals surface area (Å²) < 4.78 is 71.7. The van der Waals surface area contributed by atoms with Crippen molar-refractivity contribution in [2.24, 2.45) is 38.9 Å². The molecule has 6 aliphatic rings. The summed E-state index contributed by atoms with van der Waals surface area (Å²) in [5.74, 6) is 0.389. The fraction of sp³-hybridized carbons (Fsp3) is 0.571. The van der Waals surface area contributed by atoms with Gasteiger partial charge in [0.2, 0.25) is 0 Å². The Morgan fingerprint density at radius 1 is 0.537 bits per heavy atom. The summed E-state index contributed by atoms with van der Waals surface area (Å²) in [7, 11) is 10.8. The van der Waals surface area contributed by atoms with E-state index < -0.39 is 29.2 Å². The number of ether oxygens (including phenoxy) is 12. The molecule has 9 heterocycles. The number of likely N-dealkylation sites (N-methyl/N-ethyl adjacent to an activating group) is 3. The Hall–Kier alpha value is -9.99. The number of rotatable bonds is 25. The molecule has 6 aromatic heterocycles. The first-order valence-corrected chi connectivity index (χ1v) is 40.5. The molecule has 6 fully saturated rings. The number of nitrogens with one attached hydrogen (secondary N) is 1. The van der Waals surface area contributed by atoms with Gasteiger partial charge in [-0.1, -0.05) is 0 Å². The average molecular weight is 1700 g/mol. The Morgan fingerprint density at radius 2 is 0.901 bits per heavy atom. The zero-order valence-electron chi connectivity index (χ0n) is 71.7. The number of hydrogen-bond donors (Lipinski definition) is 2. The van der Waals surface area contributed by atoms with Gasteiger partial charge in [-0.25, -0.2) is 29.3 Å². The van der Waals surface area contributed by atoms with Crippen molar-refractivity contribution < 1.29 is 120 Å². The van der Waals surface area contributed by atoms with Crippen LogP contribution in [0.2, 0.25) is 0 Å². The molecule has 3 N–H and O–H groups in total. The molecular formula is C84H115ClLiN13O22. The molecule has 7 aromatic rings. The smallest absolute Gasteiger partial charge is 0.870 e. The minimum atomic E-state index is -0.961. The number of carbonyl (C=O) groups excluding carboxylic acids is 5. The van der Waals surface area contributed by atoms with Gasteiger partial charge in [-0.05, 0) is 200 Å². The third kappa shape index (κ3) is 28.0. The summed E-state index contributed by atoms with van der Waals surface area (Å²) in [6.07, 6.45) is 14.9. The number of pyridine rings is 3. The SMILES string of the molecule is CNC1CCOC1.Cc1nc(-c2cnn(C)c2COC(=O)N(C)C2CCOC2)ccc1O[C@H]1CCC[C@H](C(=O)O)C1.Cc1nc(-c2cnn(C)c2COC(=O)N(C)C2CCOC2)ccc1O[C@H]1CCC[C@H](C(=O)OC(C)C)C1.Cc1nc(-c2cnn(C)c2COC(=O)Oc2ccc([N+](=O)[O-])cc2)ccc1O[C@H]1CCC[C@H](C(=O)OC(C)C)C1.Cl.[Li+].[OH-]. The molecule has 0 spiro atoms. The van der Waals surface area contributed by atoms with Crippen LogP contribution in [0.1, 0.15) is 158 Å². The van der Waals surface area contributed by atoms with Crippen LogP contribution in [0.4, 0.5) is 20.1 Å². The number of carboxylic acid groups (broad SMARTS) is 1. The minimum Gasteiger partial charge on any atom is -0.870 e. The molecule has 3 saturated heterocycles. The summed E-state index contributed by atoms with van der Waals surface area (Å²) in [6, 6.07) is 17.0. The number of aromatic nitrogens is 9. The molecule has 13 rings (SSSR count). The zero-order valence-corrected chi connectivity index (χ0v) is 72.5. The standard InChI is InChI=1S/C28H32N4O8.C27H38N4O6.C24H32N4O6.C5H11NO.ClH.Li.H2O/c1-17(2)38-27(33)19-6-5-7-22(14-19)39-26-13-12-24(30-18(26)3)23-15-29-31(4)25(23)16-37-28(34)40-21-10-8-20(9-11-21)32(35)36;1-17(2)36-26(32)19-7-6-8-21(13-19)37-25-10-9-23(29-18(25)3)22-14-28-31(5)24(22)16-35-27(33)30(4)20-11-12-34-15-20;1-15-22(34-18-6-4-5-16(11-18)23(29)30)8-7-20(26-15)19-12-25-28(3)21(19)14-33-24(31)27(2)17-9-10-32-13-17;1-6-5-2-3-7-4-5;;;/h8-13,15,17,19,22H,5-7,14,16H2,1-4H3;9-10,14,17,19-21H,6-8,11-13,15-16H2,1-5H3;7-8,12,16-18H,4-6,9-11,13-14H2,1-3H3,(H,29,30);5-6H,2-4H2,1H3;1H;;1H2/q;;;;;+1;/p-1/t19-,22-;19-,20?,21-;16-,17?,18-;;;;/m000..../s1. The van der Waals surface area contributed by atoms with Gasteiger partial charge in [0.1, 0.15) is 42.8 Å². The third-order valence-corrected chi connectivity index (χ3v) is 21.7. The molecule has 0 bridgehead atoms. The molecule has 2 amide bonds. The van der Waals surface area contributed by atoms with Crippen LogP contribution in [0.3, 0.4) is 0 Å². The van der Waals surface area contributed by atoms with Crippen molar-refractivity contribution in [3.63, 3.8) is 0 Å². The number of non-ortho nitro benzene ring substituents is 1. The number of esters is 2. The number of nitro groups is 1. The van der Waals surface area contributed by atoms with E-state index in [1.54, 1.807) is 70.6 Å². The van der Waals surface area contributed by atoms with E-state index in [4.69, 9.17) is 71.8 Å². The van der Waals surface area contributed by atoms with Crippen molar-refractivity contribution in [2.75, 3.05) is 60.8 Å². The van der Waals surface area contributed by atoms with Crippen LogP contribution < -0.4 is 43.1 Å². The van der Waals surface area contributed by atoms with Gasteiger partial charge in [0.15, 0.2) is 0 Å². The largest absolute Gasteiger partial charge is 1.00 e. The molecule has 3 aliphatic heterocycles. The van der Waals surface area contributed by atoms with Gasteiger partial charge in [-0.15, -0.1) is 12.4 Å². The van der Waals surface area contributed by atoms with E-state index in [1.165, 1.54) is 30.7 Å². The quantitative estimate of drug-likeness (QED) is 0.0134. The van der Waals surface area contributed by atoms with Crippen LogP contribution in [0.15, 0.2) is 79.3 Å². The molecule has 9 atom stereocenters. The van der Waals surface area contributed by atoms with E-state index in [0.717, 1.165) is 111 Å². The molecule has 0 radical (unpaired) electrons. The van der Waals surface area contributed by atoms with Gasteiger partial charge in [0.25, 0.3) is 5.69 Å². The number of aliphatic carboxylic acids is 1. The Kier molecular flexibility index (Phi) is 38.5. The second-order valence-corrected chi connectivity index (χ2v) is 31.0. The van der Waals surface area contributed by atoms with E-state index in [0.29, 0.717) is 109 Å². The molecule has 656 valence electrons. The first-order valence-electron chi connectivity index (χ1n) is 40.5. The summed E-state index contributed by atoms with van der Waals surface area (Å²) in [4.78, 5) is 101. The Balaban J connectivity index is 0.000000237. The number of aryl methyl sites for hydroxylation is 6. The molecule has 3 saturated carbocycles. The van der Waals surface area contributed by atoms with Crippen molar-refractivity contribution in [2.45, 2.75) is 213 Å². The number of nitro benzene ring substituents is 1. The van der Waals surface area contributed by atoms with E-state index in [1.807, 2.05) is 99.0 Å². The predicted molar refractivity (Wildman–Crippen MR) is 438 cm³/mol. The maximum absolute atomic E-state index is 12.5. The van der Waals surface area contributed by atoms with Gasteiger partial charge in [-0.2, -0.15) is 15.3 Å². The number of hydrogen-bond acceptors (Lipinski definition) is 28. The normalized spacial score (nSPS) is 20.3. The molecule has 3 aliphatic carbocycles. The van der Waals surface area contributed by atoms with Crippen LogP contribution in [-0.4, -0.2) is 215 Å². The predicted octanol–water partition coefficient (Wildman–Crippen LogP) is 9.75. The summed E-state index contributed by atoms with van der Waals surface area (Å²) >= 11 is 0. The van der Waals surface area contributed by atoms with Crippen LogP contribution in [0.25, 0.3) is 33.8 Å². The van der Waals surface area contributed by atoms with Gasteiger partial charge >= 0.3 is 55.1 Å². The van der Waals surface area contributed by atoms with E-state index in [-0.39, 0.29) is 140 Å². The zero-order chi connectivity index (χ0) is 84.7. The fourth-order valence-electron chi connectivity index (χ4n) is 14.7. The number of benzene rings is 1. The van der Waals surface area contributed by atoms with Gasteiger partial charge in [0, 0.05) is 89.9 Å². The molecule has 121 heavy (non-hydrogen) atoms. The van der Waals surface area contributed by atoms with Crippen molar-refractivity contribution in [3.05, 3.63) is 124 Å². The summed E-state index contributed by atoms with van der Waals surface area (Å²) in [5.41, 5.74) is 8.41. The monoisotopic (exact) mass is 1700 g/mol. The molecular weight excluding hydrogens is 1590 g/mol. The van der Waals surface area contributed by atoms with Crippen molar-refractivity contribution in [1.82, 2.24) is 59.4 Å². The second kappa shape index (κ2) is 47.4. The maximum atomic E-state index is 12.5. The number of carbonyl (C=O) groups is 6. The number of nitrogens with zero attached hydrogens (tertiary/aromatic N) is 12. The third-order valence-electron chi connectivity index (χ3n) is 21.7. The fourth-order valence-corrected chi connectivity index (χ4v) is 14.7. The Bertz CT molecular complexity index is 4530. The topological polar surface area (TPSA) is 417 Å². The van der Waals surface area contributed by atoms with E-state index in [9.17, 15) is 44.0 Å². The molecule has 37 heteroatoms. The van der Waals surface area contributed by atoms with Crippen molar-refractivity contribution in [1.29, 1.82) is 0 Å². The maximum Gasteiger partial charge on any atom is 1.00 e. The first-order chi connectivity index (χ1) is 56.6. The van der Waals surface area contributed by atoms with Gasteiger partial charge < -0.3 is 82.5 Å². The summed E-state index contributed by atoms with van der Waals surface area (Å²) in [6.45, 7) is 17.3. The number of amides is 2. The second-order valence-electron chi connectivity index (χ2n) is 31.0. The summed E-state index contributed by atoms with van der Waals surface area (Å²) in [5, 5.41) is 36.2. The number of carboxylic acids is 1. The van der Waals surface area contributed by atoms with Crippen molar-refractivity contribution >= 4 is 54.3 Å². The van der Waals surface area contributed by atoms with E-state index in [2.05, 4.69) is 20.6 Å². The molecule has 35 nitrogen and oxygen atoms in total. The van der Waals surface area contributed by atoms with Crippen LogP contribution in [0.5, 0.6) is 23.0 Å². The minimum absolute atomic E-state index is 0. The Morgan fingerprint density at radius 3 is 1.22 bits per heavy atom. The number of halogens is 1. The molecule has 1 aromatic carbocycles. The average Bonchev–Trinajstić information content (AvgIpc) is 1.72. The van der Waals surface area contributed by atoms with Crippen LogP contribution >= 0.6 is 12.4 Å². The van der Waals surface area contributed by atoms with Gasteiger partial charge in [0.05, 0.1) is 155 Å². The van der Waals surface area contributed by atoms with E-state index >= 15 is 0 Å². The molecule has 3 unspecified atom stereocenters. The first kappa shape index (κ1) is 98.1. The van der Waals surface area contributed by atoms with Crippen molar-refractivity contribution in [3.8, 4) is 56.8 Å². The Labute approximate surface area is 723 Å².